The molecule has 142 valence electrons. The molecule has 0 spiro atoms. The van der Waals surface area contributed by atoms with Crippen LogP contribution in [0.1, 0.15) is 38.4 Å². The van der Waals surface area contributed by atoms with E-state index in [0.717, 1.165) is 18.4 Å². The maximum atomic E-state index is 12.4. The summed E-state index contributed by atoms with van der Waals surface area (Å²) in [6, 6.07) is 20.8. The van der Waals surface area contributed by atoms with E-state index < -0.39 is 0 Å². The Bertz CT molecular complexity index is 938. The standard InChI is InChI=1S/C23H23N3O2/c1-17-9-11-20(12-10-17)26-23(28)21-16-19(13-15-24-21)22(27)25-14-5-8-18-6-3-2-4-7-18/h2-4,6-7,9-13,15-16H,5,8,14H2,1H3,(H,25,27)(H,26,28). The predicted octanol–water partition coefficient (Wildman–Crippen LogP) is 4.00. The minimum Gasteiger partial charge on any atom is -0.352 e. The largest absolute Gasteiger partial charge is 0.352 e. The summed E-state index contributed by atoms with van der Waals surface area (Å²) in [4.78, 5) is 28.8. The maximum Gasteiger partial charge on any atom is 0.274 e. The SMILES string of the molecule is Cc1ccc(NC(=O)c2cc(C(=O)NCCCc3ccccc3)ccn2)cc1. The predicted molar refractivity (Wildman–Crippen MR) is 110 cm³/mol. The average Bonchev–Trinajstić information content (AvgIpc) is 2.73. The van der Waals surface area contributed by atoms with Gasteiger partial charge in [-0.1, -0.05) is 48.0 Å². The van der Waals surface area contributed by atoms with Gasteiger partial charge in [0.2, 0.25) is 0 Å². The zero-order chi connectivity index (χ0) is 19.8. The van der Waals surface area contributed by atoms with Crippen LogP contribution < -0.4 is 10.6 Å². The van der Waals surface area contributed by atoms with Gasteiger partial charge in [-0.2, -0.15) is 0 Å². The fourth-order valence-corrected chi connectivity index (χ4v) is 2.77. The number of rotatable bonds is 7. The second-order valence-corrected chi connectivity index (χ2v) is 6.59. The average molecular weight is 373 g/mol. The highest BCUT2D eigenvalue weighted by Crippen LogP contribution is 2.11. The number of pyridine rings is 1. The first kappa shape index (κ1) is 19.3. The van der Waals surface area contributed by atoms with Crippen molar-refractivity contribution in [3.63, 3.8) is 0 Å². The number of amides is 2. The number of hydrogen-bond donors (Lipinski definition) is 2. The third-order valence-electron chi connectivity index (χ3n) is 4.33. The fraction of sp³-hybridized carbons (Fsp3) is 0.174. The highest BCUT2D eigenvalue weighted by atomic mass is 16.2. The van der Waals surface area contributed by atoms with Gasteiger partial charge in [0.1, 0.15) is 5.69 Å². The molecule has 3 aromatic rings. The van der Waals surface area contributed by atoms with Crippen molar-refractivity contribution in [1.29, 1.82) is 0 Å². The van der Waals surface area contributed by atoms with E-state index in [-0.39, 0.29) is 17.5 Å². The van der Waals surface area contributed by atoms with Crippen molar-refractivity contribution >= 4 is 17.5 Å². The first-order chi connectivity index (χ1) is 13.6. The molecule has 0 aliphatic heterocycles. The van der Waals surface area contributed by atoms with E-state index in [9.17, 15) is 9.59 Å². The third-order valence-corrected chi connectivity index (χ3v) is 4.33. The maximum absolute atomic E-state index is 12.4. The molecule has 2 N–H and O–H groups in total. The van der Waals surface area contributed by atoms with Gasteiger partial charge in [-0.15, -0.1) is 0 Å². The summed E-state index contributed by atoms with van der Waals surface area (Å²) in [5.41, 5.74) is 3.67. The van der Waals surface area contributed by atoms with E-state index in [0.29, 0.717) is 17.8 Å². The number of nitrogens with one attached hydrogen (secondary N) is 2. The van der Waals surface area contributed by atoms with Crippen LogP contribution in [0.2, 0.25) is 0 Å². The lowest BCUT2D eigenvalue weighted by molar-refractivity contribution is 0.0953. The van der Waals surface area contributed by atoms with E-state index in [1.165, 1.54) is 17.8 Å². The Labute approximate surface area is 164 Å². The zero-order valence-corrected chi connectivity index (χ0v) is 15.8. The third kappa shape index (κ3) is 5.51. The van der Waals surface area contributed by atoms with Gasteiger partial charge in [-0.05, 0) is 49.6 Å². The first-order valence-electron chi connectivity index (χ1n) is 9.28. The molecule has 5 heteroatoms. The quantitative estimate of drug-likeness (QED) is 0.615. The normalized spacial score (nSPS) is 10.3. The molecule has 3 rings (SSSR count). The summed E-state index contributed by atoms with van der Waals surface area (Å²) in [5.74, 6) is -0.553. The molecule has 0 saturated heterocycles. The molecule has 2 amide bonds. The Hall–Kier alpha value is -3.47. The van der Waals surface area contributed by atoms with Crippen molar-refractivity contribution in [3.05, 3.63) is 95.3 Å². The van der Waals surface area contributed by atoms with Crippen LogP contribution in [0.15, 0.2) is 72.9 Å². The lowest BCUT2D eigenvalue weighted by Gasteiger charge is -2.08. The number of carbonyl (C=O) groups excluding carboxylic acids is 2. The smallest absolute Gasteiger partial charge is 0.274 e. The van der Waals surface area contributed by atoms with E-state index in [2.05, 4.69) is 27.8 Å². The monoisotopic (exact) mass is 373 g/mol. The van der Waals surface area contributed by atoms with Crippen LogP contribution in [0.3, 0.4) is 0 Å². The highest BCUT2D eigenvalue weighted by Gasteiger charge is 2.12. The van der Waals surface area contributed by atoms with Gasteiger partial charge in [0.25, 0.3) is 11.8 Å². The Morgan fingerprint density at radius 3 is 2.43 bits per heavy atom. The number of benzene rings is 2. The van der Waals surface area contributed by atoms with Gasteiger partial charge in [0.05, 0.1) is 0 Å². The number of anilines is 1. The minimum atomic E-state index is -0.345. The van der Waals surface area contributed by atoms with Crippen molar-refractivity contribution in [2.75, 3.05) is 11.9 Å². The number of aryl methyl sites for hydroxylation is 2. The molecule has 2 aromatic carbocycles. The van der Waals surface area contributed by atoms with E-state index in [1.54, 1.807) is 6.07 Å². The zero-order valence-electron chi connectivity index (χ0n) is 15.8. The van der Waals surface area contributed by atoms with Crippen LogP contribution in [0.5, 0.6) is 0 Å². The molecular weight excluding hydrogens is 350 g/mol. The van der Waals surface area contributed by atoms with Crippen molar-refractivity contribution in [2.24, 2.45) is 0 Å². The topological polar surface area (TPSA) is 71.1 Å². The molecule has 0 unspecified atom stereocenters. The lowest BCUT2D eigenvalue weighted by atomic mass is 10.1. The molecule has 0 bridgehead atoms. The molecule has 5 nitrogen and oxygen atoms in total. The van der Waals surface area contributed by atoms with Crippen molar-refractivity contribution in [2.45, 2.75) is 19.8 Å². The van der Waals surface area contributed by atoms with Gasteiger partial charge in [-0.25, -0.2) is 0 Å². The molecule has 0 aliphatic carbocycles. The molecule has 0 fully saturated rings. The van der Waals surface area contributed by atoms with Crippen molar-refractivity contribution in [1.82, 2.24) is 10.3 Å². The number of aromatic nitrogens is 1. The van der Waals surface area contributed by atoms with Gasteiger partial charge in [0.15, 0.2) is 0 Å². The Morgan fingerprint density at radius 2 is 1.68 bits per heavy atom. The number of carbonyl (C=O) groups is 2. The Balaban J connectivity index is 1.53. The molecule has 1 aromatic heterocycles. The van der Waals surface area contributed by atoms with E-state index >= 15 is 0 Å². The summed E-state index contributed by atoms with van der Waals surface area (Å²) in [6.07, 6.45) is 3.23. The van der Waals surface area contributed by atoms with Crippen molar-refractivity contribution < 1.29 is 9.59 Å². The minimum absolute atomic E-state index is 0.206. The first-order valence-corrected chi connectivity index (χ1v) is 9.28. The van der Waals surface area contributed by atoms with Crippen LogP contribution in [0, 0.1) is 6.92 Å². The molecular formula is C23H23N3O2. The molecule has 0 aliphatic rings. The summed E-state index contributed by atoms with van der Waals surface area (Å²) in [6.45, 7) is 2.55. The van der Waals surface area contributed by atoms with Gasteiger partial charge in [0, 0.05) is 24.0 Å². The molecule has 0 atom stereocenters. The number of hydrogen-bond acceptors (Lipinski definition) is 3. The number of nitrogens with zero attached hydrogens (tertiary/aromatic N) is 1. The summed E-state index contributed by atoms with van der Waals surface area (Å²) in [7, 11) is 0. The van der Waals surface area contributed by atoms with Crippen LogP contribution in [0.4, 0.5) is 5.69 Å². The summed E-state index contributed by atoms with van der Waals surface area (Å²) >= 11 is 0. The fourth-order valence-electron chi connectivity index (χ4n) is 2.77. The van der Waals surface area contributed by atoms with Crippen molar-refractivity contribution in [3.8, 4) is 0 Å². The Morgan fingerprint density at radius 1 is 0.929 bits per heavy atom. The molecule has 0 saturated carbocycles. The van der Waals surface area contributed by atoms with Crippen LogP contribution in [-0.4, -0.2) is 23.3 Å². The van der Waals surface area contributed by atoms with E-state index in [4.69, 9.17) is 0 Å². The van der Waals surface area contributed by atoms with Crippen LogP contribution in [0.25, 0.3) is 0 Å². The van der Waals surface area contributed by atoms with E-state index in [1.807, 2.05) is 49.4 Å². The Kier molecular flexibility index (Phi) is 6.52. The van der Waals surface area contributed by atoms with Gasteiger partial charge in [-0.3, -0.25) is 14.6 Å². The molecule has 0 radical (unpaired) electrons. The lowest BCUT2D eigenvalue weighted by Crippen LogP contribution is -2.25. The second-order valence-electron chi connectivity index (χ2n) is 6.59. The highest BCUT2D eigenvalue weighted by molar-refractivity contribution is 6.04. The summed E-state index contributed by atoms with van der Waals surface area (Å²) < 4.78 is 0. The van der Waals surface area contributed by atoms with Crippen LogP contribution >= 0.6 is 0 Å². The second kappa shape index (κ2) is 9.46. The van der Waals surface area contributed by atoms with Gasteiger partial charge >= 0.3 is 0 Å². The molecule has 28 heavy (non-hydrogen) atoms. The van der Waals surface area contributed by atoms with Crippen LogP contribution in [-0.2, 0) is 6.42 Å². The van der Waals surface area contributed by atoms with Gasteiger partial charge < -0.3 is 10.6 Å². The molecule has 1 heterocycles. The summed E-state index contributed by atoms with van der Waals surface area (Å²) in [5, 5.41) is 5.68.